The average molecular weight is 252 g/mol. The van der Waals surface area contributed by atoms with Crippen molar-refractivity contribution in [3.05, 3.63) is 18.0 Å². The van der Waals surface area contributed by atoms with Crippen molar-refractivity contribution in [3.63, 3.8) is 0 Å². The SMILES string of the molecule is CCNC(Cc1cnn(C)c1)C1CN(C)CCO1. The van der Waals surface area contributed by atoms with E-state index in [1.165, 1.54) is 5.56 Å². The van der Waals surface area contributed by atoms with Gasteiger partial charge in [0.2, 0.25) is 0 Å². The Morgan fingerprint density at radius 2 is 2.39 bits per heavy atom. The molecule has 0 aliphatic carbocycles. The molecule has 0 amide bonds. The largest absolute Gasteiger partial charge is 0.374 e. The zero-order chi connectivity index (χ0) is 13.0. The van der Waals surface area contributed by atoms with E-state index in [2.05, 4.69) is 35.5 Å². The minimum Gasteiger partial charge on any atom is -0.374 e. The number of ether oxygens (including phenoxy) is 1. The standard InChI is InChI=1S/C13H24N4O/c1-4-14-12(7-11-8-15-17(3)9-11)13-10-16(2)5-6-18-13/h8-9,12-14H,4-7,10H2,1-3H3. The molecule has 1 aromatic rings. The fourth-order valence-corrected chi connectivity index (χ4v) is 2.48. The molecule has 0 aromatic carbocycles. The van der Waals surface area contributed by atoms with E-state index in [1.54, 1.807) is 0 Å². The lowest BCUT2D eigenvalue weighted by molar-refractivity contribution is -0.0381. The Balaban J connectivity index is 1.98. The molecule has 0 saturated carbocycles. The van der Waals surface area contributed by atoms with Gasteiger partial charge in [0.05, 0.1) is 18.9 Å². The van der Waals surface area contributed by atoms with E-state index in [-0.39, 0.29) is 6.10 Å². The third-order valence-electron chi connectivity index (χ3n) is 3.43. The zero-order valence-corrected chi connectivity index (χ0v) is 11.6. The van der Waals surface area contributed by atoms with Crippen molar-refractivity contribution in [2.45, 2.75) is 25.5 Å². The maximum Gasteiger partial charge on any atom is 0.0858 e. The molecule has 0 bridgehead atoms. The smallest absolute Gasteiger partial charge is 0.0858 e. The third-order valence-corrected chi connectivity index (χ3v) is 3.43. The summed E-state index contributed by atoms with van der Waals surface area (Å²) in [4.78, 5) is 2.34. The number of nitrogens with one attached hydrogen (secondary N) is 1. The molecule has 5 heteroatoms. The number of aromatic nitrogens is 2. The Bertz CT molecular complexity index is 366. The van der Waals surface area contributed by atoms with Crippen LogP contribution in [0.1, 0.15) is 12.5 Å². The van der Waals surface area contributed by atoms with Crippen LogP contribution in [0.15, 0.2) is 12.4 Å². The number of likely N-dealkylation sites (N-methyl/N-ethyl adjacent to an activating group) is 2. The van der Waals surface area contributed by atoms with E-state index >= 15 is 0 Å². The van der Waals surface area contributed by atoms with Crippen LogP contribution in [0.4, 0.5) is 0 Å². The predicted molar refractivity (Wildman–Crippen MR) is 71.6 cm³/mol. The minimum atomic E-state index is 0.268. The van der Waals surface area contributed by atoms with Crippen molar-refractivity contribution in [1.82, 2.24) is 20.0 Å². The van der Waals surface area contributed by atoms with Crippen molar-refractivity contribution in [2.75, 3.05) is 33.3 Å². The van der Waals surface area contributed by atoms with Gasteiger partial charge in [-0.05, 0) is 25.6 Å². The van der Waals surface area contributed by atoms with Gasteiger partial charge in [-0.15, -0.1) is 0 Å². The van der Waals surface area contributed by atoms with E-state index in [0.717, 1.165) is 32.7 Å². The normalized spacial score (nSPS) is 23.2. The van der Waals surface area contributed by atoms with Crippen LogP contribution in [0.3, 0.4) is 0 Å². The summed E-state index contributed by atoms with van der Waals surface area (Å²) in [6.45, 7) is 5.97. The first-order valence-corrected chi connectivity index (χ1v) is 6.70. The molecule has 2 rings (SSSR count). The second kappa shape index (κ2) is 6.31. The molecule has 1 aliphatic heterocycles. The van der Waals surface area contributed by atoms with Crippen LogP contribution in [0.2, 0.25) is 0 Å². The molecule has 18 heavy (non-hydrogen) atoms. The molecule has 1 fully saturated rings. The fraction of sp³-hybridized carbons (Fsp3) is 0.769. The molecule has 0 spiro atoms. The predicted octanol–water partition coefficient (Wildman–Crippen LogP) is 0.271. The zero-order valence-electron chi connectivity index (χ0n) is 11.6. The Hall–Kier alpha value is -0.910. The molecule has 1 N–H and O–H groups in total. The third kappa shape index (κ3) is 3.54. The first-order chi connectivity index (χ1) is 8.69. The Labute approximate surface area is 109 Å². The van der Waals surface area contributed by atoms with Crippen LogP contribution in [-0.2, 0) is 18.2 Å². The first kappa shape index (κ1) is 13.5. The first-order valence-electron chi connectivity index (χ1n) is 6.70. The number of hydrogen-bond acceptors (Lipinski definition) is 4. The average Bonchev–Trinajstić information content (AvgIpc) is 2.74. The Morgan fingerprint density at radius 1 is 1.56 bits per heavy atom. The molecule has 0 radical (unpaired) electrons. The lowest BCUT2D eigenvalue weighted by Crippen LogP contribution is -2.52. The van der Waals surface area contributed by atoms with Crippen LogP contribution in [0.25, 0.3) is 0 Å². The topological polar surface area (TPSA) is 42.3 Å². The maximum atomic E-state index is 5.91. The minimum absolute atomic E-state index is 0.268. The molecule has 1 saturated heterocycles. The highest BCUT2D eigenvalue weighted by Crippen LogP contribution is 2.12. The van der Waals surface area contributed by atoms with Crippen LogP contribution >= 0.6 is 0 Å². The molecule has 2 atom stereocenters. The molecule has 5 nitrogen and oxygen atoms in total. The maximum absolute atomic E-state index is 5.91. The van der Waals surface area contributed by atoms with Crippen LogP contribution in [0.5, 0.6) is 0 Å². The number of nitrogens with zero attached hydrogens (tertiary/aromatic N) is 3. The highest BCUT2D eigenvalue weighted by atomic mass is 16.5. The summed E-state index contributed by atoms with van der Waals surface area (Å²) in [6, 6.07) is 0.363. The van der Waals surface area contributed by atoms with Gasteiger partial charge in [0.25, 0.3) is 0 Å². The van der Waals surface area contributed by atoms with Crippen LogP contribution in [0, 0.1) is 0 Å². The summed E-state index contributed by atoms with van der Waals surface area (Å²) in [5, 5.41) is 7.77. The Kier molecular flexibility index (Phi) is 4.74. The van der Waals surface area contributed by atoms with Crippen LogP contribution < -0.4 is 5.32 Å². The van der Waals surface area contributed by atoms with Gasteiger partial charge in [-0.3, -0.25) is 4.68 Å². The number of rotatable bonds is 5. The molecule has 1 aliphatic rings. The van der Waals surface area contributed by atoms with Gasteiger partial charge in [0, 0.05) is 32.4 Å². The molecule has 102 valence electrons. The quantitative estimate of drug-likeness (QED) is 0.817. The van der Waals surface area contributed by atoms with Crippen molar-refractivity contribution in [1.29, 1.82) is 0 Å². The summed E-state index contributed by atoms with van der Waals surface area (Å²) < 4.78 is 7.76. The van der Waals surface area contributed by atoms with Gasteiger partial charge in [0.1, 0.15) is 0 Å². The fourth-order valence-electron chi connectivity index (χ4n) is 2.48. The van der Waals surface area contributed by atoms with E-state index < -0.39 is 0 Å². The highest BCUT2D eigenvalue weighted by Gasteiger charge is 2.26. The van der Waals surface area contributed by atoms with Gasteiger partial charge in [-0.2, -0.15) is 5.10 Å². The summed E-state index contributed by atoms with van der Waals surface area (Å²) in [7, 11) is 4.11. The van der Waals surface area contributed by atoms with Gasteiger partial charge < -0.3 is 15.0 Å². The lowest BCUT2D eigenvalue weighted by atomic mass is 10.0. The summed E-state index contributed by atoms with van der Waals surface area (Å²) >= 11 is 0. The van der Waals surface area contributed by atoms with E-state index in [1.807, 2.05) is 17.9 Å². The second-order valence-electron chi connectivity index (χ2n) is 5.06. The van der Waals surface area contributed by atoms with Crippen molar-refractivity contribution in [2.24, 2.45) is 7.05 Å². The van der Waals surface area contributed by atoms with E-state index in [9.17, 15) is 0 Å². The Morgan fingerprint density at radius 3 is 3.00 bits per heavy atom. The van der Waals surface area contributed by atoms with Crippen LogP contribution in [-0.4, -0.2) is 60.1 Å². The number of morpholine rings is 1. The number of aryl methyl sites for hydroxylation is 1. The lowest BCUT2D eigenvalue weighted by Gasteiger charge is -2.35. The molecule has 2 unspecified atom stereocenters. The van der Waals surface area contributed by atoms with E-state index in [4.69, 9.17) is 4.74 Å². The van der Waals surface area contributed by atoms with Crippen molar-refractivity contribution in [3.8, 4) is 0 Å². The summed E-state index contributed by atoms with van der Waals surface area (Å²) in [5.74, 6) is 0. The highest BCUT2D eigenvalue weighted by molar-refractivity contribution is 5.07. The second-order valence-corrected chi connectivity index (χ2v) is 5.06. The summed E-state index contributed by atoms with van der Waals surface area (Å²) in [5.41, 5.74) is 1.26. The van der Waals surface area contributed by atoms with Crippen molar-refractivity contribution < 1.29 is 4.74 Å². The van der Waals surface area contributed by atoms with Gasteiger partial charge in [-0.1, -0.05) is 6.92 Å². The van der Waals surface area contributed by atoms with Gasteiger partial charge in [-0.25, -0.2) is 0 Å². The summed E-state index contributed by atoms with van der Waals surface area (Å²) in [6.07, 6.45) is 5.26. The molecule has 1 aromatic heterocycles. The van der Waals surface area contributed by atoms with Crippen molar-refractivity contribution >= 4 is 0 Å². The van der Waals surface area contributed by atoms with Gasteiger partial charge >= 0.3 is 0 Å². The monoisotopic (exact) mass is 252 g/mol. The molecular weight excluding hydrogens is 228 g/mol. The van der Waals surface area contributed by atoms with E-state index in [0.29, 0.717) is 6.04 Å². The number of hydrogen-bond donors (Lipinski definition) is 1. The van der Waals surface area contributed by atoms with Gasteiger partial charge in [0.15, 0.2) is 0 Å². The molecular formula is C13H24N4O. The molecule has 2 heterocycles.